The second-order valence-electron chi connectivity index (χ2n) is 6.84. The molecule has 0 amide bonds. The van der Waals surface area contributed by atoms with E-state index in [1.54, 1.807) is 11.3 Å². The molecule has 2 aromatic heterocycles. The van der Waals surface area contributed by atoms with Crippen LogP contribution < -0.4 is 0 Å². The third-order valence-corrected chi connectivity index (χ3v) is 5.70. The molecule has 0 unspecified atom stereocenters. The number of rotatable bonds is 3. The van der Waals surface area contributed by atoms with Gasteiger partial charge in [-0.1, -0.05) is 12.1 Å². The van der Waals surface area contributed by atoms with Crippen molar-refractivity contribution in [3.8, 4) is 5.75 Å². The van der Waals surface area contributed by atoms with E-state index in [1.165, 1.54) is 0 Å². The third-order valence-electron chi connectivity index (χ3n) is 4.70. The fourth-order valence-corrected chi connectivity index (χ4v) is 4.13. The lowest BCUT2D eigenvalue weighted by Crippen LogP contribution is -1.99. The molecule has 2 heterocycles. The summed E-state index contributed by atoms with van der Waals surface area (Å²) in [5.74, 6) is 1.23. The molecule has 1 N–H and O–H groups in total. The molecule has 0 radical (unpaired) electrons. The number of aromatic hydroxyl groups is 1. The molecule has 0 spiro atoms. The quantitative estimate of drug-likeness (QED) is 0.532. The van der Waals surface area contributed by atoms with Crippen molar-refractivity contribution in [2.24, 2.45) is 7.05 Å². The first kappa shape index (κ1) is 17.5. The van der Waals surface area contributed by atoms with E-state index in [-0.39, 0.29) is 0 Å². The zero-order valence-corrected chi connectivity index (χ0v) is 16.6. The Labute approximate surface area is 162 Å². The van der Waals surface area contributed by atoms with Crippen LogP contribution in [0, 0.1) is 20.8 Å². The summed E-state index contributed by atoms with van der Waals surface area (Å²) in [7, 11) is 2.03. The first-order valence-corrected chi connectivity index (χ1v) is 9.68. The number of fused-ring (bicyclic) bond motifs is 1. The van der Waals surface area contributed by atoms with Crippen molar-refractivity contribution >= 4 is 34.0 Å². The molecule has 0 fully saturated rings. The molecule has 0 aliphatic rings. The summed E-state index contributed by atoms with van der Waals surface area (Å²) in [6.07, 6.45) is 2.11. The minimum absolute atomic E-state index is 0.349. The second-order valence-corrected chi connectivity index (χ2v) is 7.70. The predicted molar refractivity (Wildman–Crippen MR) is 112 cm³/mol. The van der Waals surface area contributed by atoms with Crippen molar-refractivity contribution in [2.45, 2.75) is 20.8 Å². The molecular weight excluding hydrogens is 354 g/mol. The number of phenolic OH excluding ortho intramolecular Hbond substituents is 1. The Bertz CT molecular complexity index is 1160. The monoisotopic (exact) mass is 375 g/mol. The van der Waals surface area contributed by atoms with E-state index in [2.05, 4.69) is 22.1 Å². The number of aromatic nitrogens is 3. The van der Waals surface area contributed by atoms with Crippen LogP contribution in [0.3, 0.4) is 0 Å². The van der Waals surface area contributed by atoms with Crippen LogP contribution in [0.1, 0.15) is 33.2 Å². The zero-order chi connectivity index (χ0) is 19.1. The maximum Gasteiger partial charge on any atom is 0.143 e. The number of benzene rings is 2. The van der Waals surface area contributed by atoms with Crippen molar-refractivity contribution in [2.75, 3.05) is 0 Å². The molecule has 0 bridgehead atoms. The Hall–Kier alpha value is -2.92. The molecular formula is C22H21N3OS. The average Bonchev–Trinajstić information content (AvgIpc) is 3.22. The van der Waals surface area contributed by atoms with Gasteiger partial charge >= 0.3 is 0 Å². The van der Waals surface area contributed by atoms with Crippen LogP contribution in [0.25, 0.3) is 22.7 Å². The molecule has 4 aromatic rings. The van der Waals surface area contributed by atoms with Crippen LogP contribution in [0.5, 0.6) is 5.75 Å². The Balaban J connectivity index is 1.96. The van der Waals surface area contributed by atoms with Crippen LogP contribution >= 0.6 is 11.3 Å². The highest BCUT2D eigenvalue weighted by molar-refractivity contribution is 7.11. The van der Waals surface area contributed by atoms with Gasteiger partial charge in [0.2, 0.25) is 0 Å². The molecule has 0 aliphatic carbocycles. The van der Waals surface area contributed by atoms with Crippen molar-refractivity contribution in [3.63, 3.8) is 0 Å². The highest BCUT2D eigenvalue weighted by atomic mass is 32.1. The zero-order valence-electron chi connectivity index (χ0n) is 15.8. The van der Waals surface area contributed by atoms with Gasteiger partial charge in [0.05, 0.1) is 16.6 Å². The van der Waals surface area contributed by atoms with Gasteiger partial charge in [-0.05, 0) is 67.8 Å². The fraction of sp³-hybridized carbons (Fsp3) is 0.182. The number of phenols is 1. The van der Waals surface area contributed by atoms with Gasteiger partial charge < -0.3 is 9.67 Å². The van der Waals surface area contributed by atoms with E-state index >= 15 is 0 Å². The van der Waals surface area contributed by atoms with E-state index in [4.69, 9.17) is 9.97 Å². The lowest BCUT2D eigenvalue weighted by atomic mass is 10.0. The topological polar surface area (TPSA) is 50.9 Å². The van der Waals surface area contributed by atoms with Gasteiger partial charge in [-0.3, -0.25) is 0 Å². The summed E-state index contributed by atoms with van der Waals surface area (Å²) in [6, 6.07) is 12.1. The van der Waals surface area contributed by atoms with Gasteiger partial charge in [-0.25, -0.2) is 9.97 Å². The Morgan fingerprint density at radius 1 is 1.07 bits per heavy atom. The molecule has 0 aliphatic heterocycles. The van der Waals surface area contributed by atoms with E-state index in [0.29, 0.717) is 5.75 Å². The molecule has 0 saturated heterocycles. The summed E-state index contributed by atoms with van der Waals surface area (Å²) < 4.78 is 2.11. The summed E-state index contributed by atoms with van der Waals surface area (Å²) in [4.78, 5) is 9.57. The molecule has 0 saturated carbocycles. The molecule has 136 valence electrons. The first-order valence-electron chi connectivity index (χ1n) is 8.80. The molecule has 4 rings (SSSR count). The van der Waals surface area contributed by atoms with Crippen LogP contribution in [-0.4, -0.2) is 19.6 Å². The number of thiazole rings is 1. The fourth-order valence-electron chi connectivity index (χ4n) is 3.33. The van der Waals surface area contributed by atoms with Gasteiger partial charge in [0.15, 0.2) is 0 Å². The van der Waals surface area contributed by atoms with E-state index in [0.717, 1.165) is 49.8 Å². The minimum atomic E-state index is 0.349. The smallest absolute Gasteiger partial charge is 0.143 e. The third kappa shape index (κ3) is 3.15. The standard InChI is InChI=1S/C22H21N3OS/c1-13-9-16(10-14(2)20(13)26)11-17(22-23-15(3)12-27-22)21-24-18-7-5-6-8-19(18)25(21)4/h5-12,26H,1-4H3. The maximum absolute atomic E-state index is 10.1. The highest BCUT2D eigenvalue weighted by Crippen LogP contribution is 2.32. The van der Waals surface area contributed by atoms with E-state index in [1.807, 2.05) is 58.2 Å². The molecule has 2 aromatic carbocycles. The number of imidazole rings is 1. The second kappa shape index (κ2) is 6.67. The van der Waals surface area contributed by atoms with Gasteiger partial charge in [-0.2, -0.15) is 0 Å². The molecule has 0 atom stereocenters. The summed E-state index contributed by atoms with van der Waals surface area (Å²) in [5.41, 5.74) is 6.78. The molecule has 5 heteroatoms. The lowest BCUT2D eigenvalue weighted by molar-refractivity contribution is 0.467. The maximum atomic E-state index is 10.1. The number of hydrogen-bond donors (Lipinski definition) is 1. The average molecular weight is 375 g/mol. The predicted octanol–water partition coefficient (Wildman–Crippen LogP) is 5.25. The van der Waals surface area contributed by atoms with Crippen LogP contribution in [-0.2, 0) is 7.05 Å². The molecule has 27 heavy (non-hydrogen) atoms. The Kier molecular flexibility index (Phi) is 4.32. The van der Waals surface area contributed by atoms with Gasteiger partial charge in [0.25, 0.3) is 0 Å². The van der Waals surface area contributed by atoms with Crippen LogP contribution in [0.15, 0.2) is 41.8 Å². The normalized spacial score (nSPS) is 12.1. The van der Waals surface area contributed by atoms with Crippen molar-refractivity contribution in [3.05, 3.63) is 75.0 Å². The lowest BCUT2D eigenvalue weighted by Gasteiger charge is -2.08. The largest absolute Gasteiger partial charge is 0.507 e. The number of para-hydroxylation sites is 2. The van der Waals surface area contributed by atoms with Gasteiger partial charge in [0.1, 0.15) is 16.6 Å². The van der Waals surface area contributed by atoms with Gasteiger partial charge in [0, 0.05) is 18.1 Å². The highest BCUT2D eigenvalue weighted by Gasteiger charge is 2.17. The van der Waals surface area contributed by atoms with Gasteiger partial charge in [-0.15, -0.1) is 11.3 Å². The number of hydrogen-bond acceptors (Lipinski definition) is 4. The molecule has 4 nitrogen and oxygen atoms in total. The van der Waals surface area contributed by atoms with Crippen LogP contribution in [0.4, 0.5) is 0 Å². The minimum Gasteiger partial charge on any atom is -0.507 e. The first-order chi connectivity index (χ1) is 12.9. The Morgan fingerprint density at radius 3 is 2.41 bits per heavy atom. The summed E-state index contributed by atoms with van der Waals surface area (Å²) >= 11 is 1.62. The van der Waals surface area contributed by atoms with E-state index < -0.39 is 0 Å². The van der Waals surface area contributed by atoms with Crippen LogP contribution in [0.2, 0.25) is 0 Å². The van der Waals surface area contributed by atoms with Crippen molar-refractivity contribution in [1.29, 1.82) is 0 Å². The summed E-state index contributed by atoms with van der Waals surface area (Å²) in [6.45, 7) is 5.84. The number of nitrogens with zero attached hydrogens (tertiary/aromatic N) is 3. The number of aryl methyl sites for hydroxylation is 4. The van der Waals surface area contributed by atoms with E-state index in [9.17, 15) is 5.11 Å². The van der Waals surface area contributed by atoms with Crippen molar-refractivity contribution < 1.29 is 5.11 Å². The Morgan fingerprint density at radius 2 is 1.78 bits per heavy atom. The SMILES string of the molecule is Cc1csc(C(=Cc2cc(C)c(O)c(C)c2)c2nc3ccccc3n2C)n1. The van der Waals surface area contributed by atoms with Crippen molar-refractivity contribution in [1.82, 2.24) is 14.5 Å². The summed E-state index contributed by atoms with van der Waals surface area (Å²) in [5, 5.41) is 13.1.